The third-order valence-electron chi connectivity index (χ3n) is 8.82. The van der Waals surface area contributed by atoms with Crippen molar-refractivity contribution in [2.24, 2.45) is 11.8 Å². The molecule has 10 heteroatoms. The summed E-state index contributed by atoms with van der Waals surface area (Å²) < 4.78 is 32.8. The summed E-state index contributed by atoms with van der Waals surface area (Å²) in [6, 6.07) is 5.53. The first-order chi connectivity index (χ1) is 18.4. The van der Waals surface area contributed by atoms with E-state index >= 15 is 0 Å². The van der Waals surface area contributed by atoms with Crippen molar-refractivity contribution in [2.45, 2.75) is 63.6 Å². The van der Waals surface area contributed by atoms with Gasteiger partial charge in [0.05, 0.1) is 12.0 Å². The number of ketones is 1. The predicted molar refractivity (Wildman–Crippen MR) is 138 cm³/mol. The molecule has 208 valence electrons. The number of piperazine rings is 1. The van der Waals surface area contributed by atoms with Crippen LogP contribution in [-0.4, -0.2) is 97.9 Å². The van der Waals surface area contributed by atoms with Crippen LogP contribution in [0.1, 0.15) is 49.4 Å². The Morgan fingerprint density at radius 1 is 1.05 bits per heavy atom. The van der Waals surface area contributed by atoms with Gasteiger partial charge in [0.2, 0.25) is 12.3 Å². The van der Waals surface area contributed by atoms with Crippen LogP contribution in [0.15, 0.2) is 24.3 Å². The van der Waals surface area contributed by atoms with Crippen LogP contribution in [0, 0.1) is 11.8 Å². The lowest BCUT2D eigenvalue weighted by molar-refractivity contribution is -0.139. The van der Waals surface area contributed by atoms with Crippen molar-refractivity contribution in [1.29, 1.82) is 0 Å². The highest BCUT2D eigenvalue weighted by Gasteiger charge is 2.56. The number of nitrogens with zero attached hydrogens (tertiary/aromatic N) is 3. The van der Waals surface area contributed by atoms with Gasteiger partial charge in [-0.2, -0.15) is 0 Å². The second-order valence-electron chi connectivity index (χ2n) is 11.0. The van der Waals surface area contributed by atoms with Crippen LogP contribution in [0.25, 0.3) is 0 Å². The van der Waals surface area contributed by atoms with E-state index in [1.165, 1.54) is 4.90 Å². The van der Waals surface area contributed by atoms with Gasteiger partial charge in [0.25, 0.3) is 5.91 Å². The molecule has 0 unspecified atom stereocenters. The normalized spacial score (nSPS) is 27.6. The molecule has 8 nitrogen and oxygen atoms in total. The van der Waals surface area contributed by atoms with Gasteiger partial charge in [-0.1, -0.05) is 26.2 Å². The zero-order chi connectivity index (χ0) is 26.8. The van der Waals surface area contributed by atoms with Crippen LogP contribution in [0.5, 0.6) is 0 Å². The Balaban J connectivity index is 1.31. The van der Waals surface area contributed by atoms with Crippen LogP contribution < -0.4 is 10.2 Å². The van der Waals surface area contributed by atoms with Gasteiger partial charge in [0, 0.05) is 44.0 Å². The lowest BCUT2D eigenvalue weighted by Crippen LogP contribution is -2.55. The number of ether oxygens (including phenoxy) is 1. The second-order valence-corrected chi connectivity index (χ2v) is 11.0. The first kappa shape index (κ1) is 27.0. The van der Waals surface area contributed by atoms with E-state index in [2.05, 4.69) is 22.0 Å². The lowest BCUT2D eigenvalue weighted by atomic mass is 9.83. The highest BCUT2D eigenvalue weighted by atomic mass is 19.3. The summed E-state index contributed by atoms with van der Waals surface area (Å²) in [6.45, 7) is 6.56. The fourth-order valence-electron chi connectivity index (χ4n) is 6.54. The number of fused-ring (bicyclic) bond motifs is 1. The third kappa shape index (κ3) is 5.43. The molecule has 3 heterocycles. The number of Topliss-reactive ketones (excluding diaryl/α,β-unsaturated/α-hetero) is 1. The van der Waals surface area contributed by atoms with Crippen molar-refractivity contribution in [3.05, 3.63) is 29.8 Å². The Morgan fingerprint density at radius 3 is 2.37 bits per heavy atom. The fourth-order valence-corrected chi connectivity index (χ4v) is 6.54. The summed E-state index contributed by atoms with van der Waals surface area (Å²) in [5.74, 6) is -2.48. The standard InChI is InChI=1S/C28H38F2N4O4/c1-2-32-12-14-33(15-13-32)20-10-8-19(9-11-20)27(36)31-23(18-6-4-3-5-7-18)28(37)34-16-21(26(29)30)25-24(34)22(35)17-38-25/h8-11,18,21,23-26H,2-7,12-17H2,1H3,(H,31,36)/t21-,23-,24+,25+/m0/s1. The maximum absolute atomic E-state index is 13.8. The molecule has 0 radical (unpaired) electrons. The summed E-state index contributed by atoms with van der Waals surface area (Å²) in [6.07, 6.45) is 0.802. The van der Waals surface area contributed by atoms with Gasteiger partial charge in [-0.15, -0.1) is 0 Å². The second kappa shape index (κ2) is 11.7. The number of hydrogen-bond acceptors (Lipinski definition) is 6. The van der Waals surface area contributed by atoms with Crippen LogP contribution in [-0.2, 0) is 14.3 Å². The molecule has 38 heavy (non-hydrogen) atoms. The minimum absolute atomic E-state index is 0.101. The van der Waals surface area contributed by atoms with Crippen LogP contribution in [0.3, 0.4) is 0 Å². The topological polar surface area (TPSA) is 82.2 Å². The highest BCUT2D eigenvalue weighted by Crippen LogP contribution is 2.37. The van der Waals surface area contributed by atoms with E-state index in [9.17, 15) is 23.2 Å². The monoisotopic (exact) mass is 532 g/mol. The van der Waals surface area contributed by atoms with Crippen LogP contribution in [0.4, 0.5) is 14.5 Å². The number of nitrogens with one attached hydrogen (secondary N) is 1. The number of alkyl halides is 2. The van der Waals surface area contributed by atoms with Crippen molar-refractivity contribution in [3.8, 4) is 0 Å². The maximum Gasteiger partial charge on any atom is 0.251 e. The first-order valence-electron chi connectivity index (χ1n) is 14.0. The number of likely N-dealkylation sites (tertiary alicyclic amines) is 1. The Morgan fingerprint density at radius 2 is 1.74 bits per heavy atom. The average Bonchev–Trinajstić information content (AvgIpc) is 3.52. The third-order valence-corrected chi connectivity index (χ3v) is 8.82. The Labute approximate surface area is 222 Å². The molecule has 1 aromatic rings. The molecule has 0 spiro atoms. The molecule has 5 rings (SSSR count). The van der Waals surface area contributed by atoms with Gasteiger partial charge < -0.3 is 24.8 Å². The molecule has 4 aliphatic rings. The molecular formula is C28H38F2N4O4. The van der Waals surface area contributed by atoms with Gasteiger partial charge in [-0.05, 0) is 49.6 Å². The van der Waals surface area contributed by atoms with E-state index in [4.69, 9.17) is 4.74 Å². The molecule has 1 aliphatic carbocycles. The summed E-state index contributed by atoms with van der Waals surface area (Å²) in [7, 11) is 0. The van der Waals surface area contributed by atoms with E-state index < -0.39 is 36.4 Å². The first-order valence-corrected chi connectivity index (χ1v) is 14.0. The molecule has 1 saturated carbocycles. The smallest absolute Gasteiger partial charge is 0.251 e. The zero-order valence-electron chi connectivity index (χ0n) is 22.0. The minimum atomic E-state index is -2.70. The zero-order valence-corrected chi connectivity index (χ0v) is 22.0. The highest BCUT2D eigenvalue weighted by molar-refractivity contribution is 5.99. The number of carbonyl (C=O) groups is 3. The summed E-state index contributed by atoms with van der Waals surface area (Å²) >= 11 is 0. The molecule has 0 aromatic heterocycles. The Bertz CT molecular complexity index is 1010. The Hall–Kier alpha value is -2.59. The quantitative estimate of drug-likeness (QED) is 0.582. The van der Waals surface area contributed by atoms with E-state index in [0.717, 1.165) is 70.5 Å². The average molecular weight is 533 g/mol. The number of likely N-dealkylation sites (N-methyl/N-ethyl adjacent to an activating group) is 1. The fraction of sp³-hybridized carbons (Fsp3) is 0.679. The van der Waals surface area contributed by atoms with E-state index in [1.54, 1.807) is 12.1 Å². The number of amides is 2. The van der Waals surface area contributed by atoms with Gasteiger partial charge in [0.1, 0.15) is 18.7 Å². The van der Waals surface area contributed by atoms with Crippen molar-refractivity contribution < 1.29 is 27.9 Å². The molecular weight excluding hydrogens is 494 g/mol. The number of halogens is 2. The van der Waals surface area contributed by atoms with Gasteiger partial charge >= 0.3 is 0 Å². The molecule has 4 fully saturated rings. The number of anilines is 1. The largest absolute Gasteiger partial charge is 0.369 e. The van der Waals surface area contributed by atoms with Crippen LogP contribution >= 0.6 is 0 Å². The minimum Gasteiger partial charge on any atom is -0.369 e. The van der Waals surface area contributed by atoms with Crippen molar-refractivity contribution >= 4 is 23.3 Å². The lowest BCUT2D eigenvalue weighted by Gasteiger charge is -2.35. The maximum atomic E-state index is 13.8. The summed E-state index contributed by atoms with van der Waals surface area (Å²) in [4.78, 5) is 45.6. The molecule has 1 N–H and O–H groups in total. The van der Waals surface area contributed by atoms with E-state index in [0.29, 0.717) is 5.56 Å². The molecule has 1 aromatic carbocycles. The van der Waals surface area contributed by atoms with Gasteiger partial charge in [-0.25, -0.2) is 8.78 Å². The van der Waals surface area contributed by atoms with Crippen LogP contribution in [0.2, 0.25) is 0 Å². The van der Waals surface area contributed by atoms with Gasteiger partial charge in [-0.3, -0.25) is 14.4 Å². The van der Waals surface area contributed by atoms with E-state index in [1.807, 2.05) is 12.1 Å². The summed E-state index contributed by atoms with van der Waals surface area (Å²) in [5, 5.41) is 2.94. The SMILES string of the molecule is CCN1CCN(c2ccc(C(=O)N[C@H](C(=O)N3C[C@H](C(F)F)[C@H]4OCC(=O)[C@H]43)C3CCCCC3)cc2)CC1. The van der Waals surface area contributed by atoms with Gasteiger partial charge in [0.15, 0.2) is 5.78 Å². The predicted octanol–water partition coefficient (Wildman–Crippen LogP) is 2.57. The summed E-state index contributed by atoms with van der Waals surface area (Å²) in [5.41, 5.74) is 1.50. The van der Waals surface area contributed by atoms with E-state index in [-0.39, 0.29) is 30.8 Å². The van der Waals surface area contributed by atoms with Crippen molar-refractivity contribution in [1.82, 2.24) is 15.1 Å². The Kier molecular flexibility index (Phi) is 8.28. The number of benzene rings is 1. The number of hydrogen-bond donors (Lipinski definition) is 1. The molecule has 3 aliphatic heterocycles. The molecule has 0 bridgehead atoms. The van der Waals surface area contributed by atoms with Crippen molar-refractivity contribution in [3.63, 3.8) is 0 Å². The number of rotatable bonds is 7. The molecule has 3 saturated heterocycles. The number of carbonyl (C=O) groups excluding carboxylic acids is 3. The molecule has 2 amide bonds. The van der Waals surface area contributed by atoms with Crippen molar-refractivity contribution in [2.75, 3.05) is 50.8 Å². The molecule has 4 atom stereocenters.